The van der Waals surface area contributed by atoms with Crippen LogP contribution in [-0.4, -0.2) is 39.0 Å². The molecular weight excluding hydrogens is 346 g/mol. The molecule has 0 spiro atoms. The normalized spacial score (nSPS) is 22.2. The van der Waals surface area contributed by atoms with E-state index in [2.05, 4.69) is 26.6 Å². The number of methoxy groups -OCH3 is 1. The SMILES string of the molecule is COC1(C(=O)O)CCC(c2nc(Nc3cc(C)[nH]n3)cc(C)c2C#N)CC1. The molecule has 0 amide bonds. The highest BCUT2D eigenvalue weighted by Gasteiger charge is 2.43. The monoisotopic (exact) mass is 369 g/mol. The van der Waals surface area contributed by atoms with Crippen molar-refractivity contribution in [3.63, 3.8) is 0 Å². The molecule has 0 aliphatic heterocycles. The average Bonchev–Trinajstić information content (AvgIpc) is 3.06. The third-order valence-electron chi connectivity index (χ3n) is 5.28. The predicted molar refractivity (Wildman–Crippen MR) is 98.9 cm³/mol. The molecule has 0 aromatic carbocycles. The lowest BCUT2D eigenvalue weighted by Gasteiger charge is -2.35. The molecule has 0 saturated heterocycles. The topological polar surface area (TPSA) is 124 Å². The van der Waals surface area contributed by atoms with Crippen molar-refractivity contribution in [1.29, 1.82) is 5.26 Å². The predicted octanol–water partition coefficient (Wildman–Crippen LogP) is 3.16. The van der Waals surface area contributed by atoms with E-state index in [-0.39, 0.29) is 5.92 Å². The first-order valence-electron chi connectivity index (χ1n) is 8.88. The number of hydrogen-bond donors (Lipinski definition) is 3. The Bertz CT molecular complexity index is 891. The summed E-state index contributed by atoms with van der Waals surface area (Å²) in [6.07, 6.45) is 2.00. The van der Waals surface area contributed by atoms with Crippen LogP contribution in [0.1, 0.15) is 54.1 Å². The maximum Gasteiger partial charge on any atom is 0.335 e. The molecule has 0 radical (unpaired) electrons. The standard InChI is InChI=1S/C19H23N5O3/c1-11-8-15(21-16-9-12(2)23-24-16)22-17(14(11)10-20)13-4-6-19(27-3,7-5-13)18(25)26/h8-9,13H,4-7H2,1-3H3,(H,25,26)(H2,21,22,23,24). The molecule has 27 heavy (non-hydrogen) atoms. The van der Waals surface area contributed by atoms with Crippen LogP contribution in [0.2, 0.25) is 0 Å². The van der Waals surface area contributed by atoms with Gasteiger partial charge in [-0.25, -0.2) is 9.78 Å². The molecule has 2 aromatic heterocycles. The molecule has 3 N–H and O–H groups in total. The van der Waals surface area contributed by atoms with E-state index >= 15 is 0 Å². The fourth-order valence-electron chi connectivity index (χ4n) is 3.68. The number of aliphatic carboxylic acids is 1. The van der Waals surface area contributed by atoms with Gasteiger partial charge in [0.2, 0.25) is 0 Å². The van der Waals surface area contributed by atoms with E-state index in [9.17, 15) is 15.2 Å². The van der Waals surface area contributed by atoms with E-state index < -0.39 is 11.6 Å². The van der Waals surface area contributed by atoms with E-state index in [1.165, 1.54) is 7.11 Å². The van der Waals surface area contributed by atoms with Gasteiger partial charge < -0.3 is 15.2 Å². The lowest BCUT2D eigenvalue weighted by Crippen LogP contribution is -2.43. The van der Waals surface area contributed by atoms with Gasteiger partial charge in [0, 0.05) is 24.8 Å². The van der Waals surface area contributed by atoms with Gasteiger partial charge in [0.15, 0.2) is 11.4 Å². The summed E-state index contributed by atoms with van der Waals surface area (Å²) in [5.74, 6) is 0.360. The van der Waals surface area contributed by atoms with Gasteiger partial charge in [-0.05, 0) is 51.2 Å². The molecule has 2 heterocycles. The highest BCUT2D eigenvalue weighted by Crippen LogP contribution is 2.41. The van der Waals surface area contributed by atoms with Crippen LogP contribution in [0.3, 0.4) is 0 Å². The Morgan fingerprint density at radius 1 is 1.37 bits per heavy atom. The Morgan fingerprint density at radius 2 is 2.07 bits per heavy atom. The number of ether oxygens (including phenoxy) is 1. The van der Waals surface area contributed by atoms with Crippen LogP contribution < -0.4 is 5.32 Å². The summed E-state index contributed by atoms with van der Waals surface area (Å²) in [5, 5.41) is 29.3. The highest BCUT2D eigenvalue weighted by molar-refractivity contribution is 5.77. The molecule has 0 bridgehead atoms. The van der Waals surface area contributed by atoms with E-state index in [0.29, 0.717) is 48.6 Å². The van der Waals surface area contributed by atoms with Crippen molar-refractivity contribution in [2.24, 2.45) is 0 Å². The van der Waals surface area contributed by atoms with Gasteiger partial charge in [-0.1, -0.05) is 0 Å². The first-order chi connectivity index (χ1) is 12.9. The van der Waals surface area contributed by atoms with Crippen molar-refractivity contribution in [2.75, 3.05) is 12.4 Å². The number of aromatic nitrogens is 3. The number of nitriles is 1. The third kappa shape index (κ3) is 3.64. The highest BCUT2D eigenvalue weighted by atomic mass is 16.5. The third-order valence-corrected chi connectivity index (χ3v) is 5.28. The van der Waals surface area contributed by atoms with Crippen LogP contribution in [0.4, 0.5) is 11.6 Å². The average molecular weight is 369 g/mol. The Balaban J connectivity index is 1.88. The maximum absolute atomic E-state index is 11.6. The number of anilines is 2. The van der Waals surface area contributed by atoms with Gasteiger partial charge in [-0.3, -0.25) is 5.10 Å². The van der Waals surface area contributed by atoms with Gasteiger partial charge in [-0.2, -0.15) is 10.4 Å². The zero-order chi connectivity index (χ0) is 19.6. The van der Waals surface area contributed by atoms with Crippen molar-refractivity contribution >= 4 is 17.6 Å². The van der Waals surface area contributed by atoms with Gasteiger partial charge in [0.05, 0.1) is 11.3 Å². The molecule has 1 saturated carbocycles. The number of carbonyl (C=O) groups is 1. The summed E-state index contributed by atoms with van der Waals surface area (Å²) < 4.78 is 5.30. The van der Waals surface area contributed by atoms with E-state index in [1.54, 1.807) is 0 Å². The lowest BCUT2D eigenvalue weighted by atomic mass is 9.76. The van der Waals surface area contributed by atoms with E-state index in [1.807, 2.05) is 26.0 Å². The van der Waals surface area contributed by atoms with Crippen LogP contribution in [0, 0.1) is 25.2 Å². The summed E-state index contributed by atoms with van der Waals surface area (Å²) in [4.78, 5) is 16.2. The molecule has 1 fully saturated rings. The van der Waals surface area contributed by atoms with Crippen molar-refractivity contribution in [1.82, 2.24) is 15.2 Å². The second kappa shape index (κ2) is 7.37. The van der Waals surface area contributed by atoms with Crippen LogP contribution in [0.25, 0.3) is 0 Å². The number of aryl methyl sites for hydroxylation is 2. The number of pyridine rings is 1. The van der Waals surface area contributed by atoms with Gasteiger partial charge in [0.25, 0.3) is 0 Å². The second-order valence-corrected chi connectivity index (χ2v) is 7.04. The lowest BCUT2D eigenvalue weighted by molar-refractivity contribution is -0.166. The van der Waals surface area contributed by atoms with Crippen molar-refractivity contribution < 1.29 is 14.6 Å². The number of carboxylic acids is 1. The summed E-state index contributed by atoms with van der Waals surface area (Å²) >= 11 is 0. The van der Waals surface area contributed by atoms with E-state index in [4.69, 9.17) is 4.74 Å². The number of H-pyrrole nitrogens is 1. The number of carboxylic acid groups (broad SMARTS) is 1. The van der Waals surface area contributed by atoms with Crippen LogP contribution in [0.15, 0.2) is 12.1 Å². The molecule has 3 rings (SSSR count). The molecule has 0 atom stereocenters. The molecule has 8 nitrogen and oxygen atoms in total. The molecular formula is C19H23N5O3. The summed E-state index contributed by atoms with van der Waals surface area (Å²) in [6.45, 7) is 3.79. The van der Waals surface area contributed by atoms with Crippen LogP contribution >= 0.6 is 0 Å². The fraction of sp³-hybridized carbons (Fsp3) is 0.474. The molecule has 142 valence electrons. The summed E-state index contributed by atoms with van der Waals surface area (Å²) in [6, 6.07) is 5.95. The van der Waals surface area contributed by atoms with Crippen molar-refractivity contribution in [2.45, 2.75) is 51.0 Å². The number of hydrogen-bond acceptors (Lipinski definition) is 6. The quantitative estimate of drug-likeness (QED) is 0.739. The zero-order valence-corrected chi connectivity index (χ0v) is 15.7. The largest absolute Gasteiger partial charge is 0.479 e. The minimum Gasteiger partial charge on any atom is -0.479 e. The fourth-order valence-corrected chi connectivity index (χ4v) is 3.68. The van der Waals surface area contributed by atoms with E-state index in [0.717, 1.165) is 11.3 Å². The first kappa shape index (κ1) is 18.9. The minimum atomic E-state index is -1.14. The molecule has 1 aliphatic carbocycles. The first-order valence-corrected chi connectivity index (χ1v) is 8.88. The van der Waals surface area contributed by atoms with Crippen LogP contribution in [-0.2, 0) is 9.53 Å². The minimum absolute atomic E-state index is 0.0173. The zero-order valence-electron chi connectivity index (χ0n) is 15.7. The molecule has 0 unspecified atom stereocenters. The number of rotatable bonds is 5. The summed E-state index contributed by atoms with van der Waals surface area (Å²) in [5.41, 5.74) is 1.89. The maximum atomic E-state index is 11.6. The van der Waals surface area contributed by atoms with Gasteiger partial charge in [0.1, 0.15) is 11.9 Å². The van der Waals surface area contributed by atoms with Crippen LogP contribution in [0.5, 0.6) is 0 Å². The van der Waals surface area contributed by atoms with Crippen molar-refractivity contribution in [3.05, 3.63) is 34.6 Å². The number of nitrogens with one attached hydrogen (secondary N) is 2. The molecule has 2 aromatic rings. The Hall–Kier alpha value is -2.92. The van der Waals surface area contributed by atoms with Gasteiger partial charge in [-0.15, -0.1) is 0 Å². The summed E-state index contributed by atoms with van der Waals surface area (Å²) in [7, 11) is 1.44. The molecule has 1 aliphatic rings. The molecule has 8 heteroatoms. The number of nitrogens with zero attached hydrogens (tertiary/aromatic N) is 3. The number of aromatic amines is 1. The Labute approximate surface area is 157 Å². The Morgan fingerprint density at radius 3 is 2.59 bits per heavy atom. The van der Waals surface area contributed by atoms with Crippen molar-refractivity contribution in [3.8, 4) is 6.07 Å². The second-order valence-electron chi connectivity index (χ2n) is 7.04. The smallest absolute Gasteiger partial charge is 0.335 e. The Kier molecular flexibility index (Phi) is 5.15. The van der Waals surface area contributed by atoms with Gasteiger partial charge >= 0.3 is 5.97 Å².